The Morgan fingerprint density at radius 3 is 1.73 bits per heavy atom. The van der Waals surface area contributed by atoms with Gasteiger partial charge in [-0.05, 0) is 62.3 Å². The zero-order chi connectivity index (χ0) is 18.8. The largest absolute Gasteiger partial charge is 0.304 e. The van der Waals surface area contributed by atoms with Crippen LogP contribution in [0.3, 0.4) is 0 Å². The van der Waals surface area contributed by atoms with E-state index in [2.05, 4.69) is 67.8 Å². The van der Waals surface area contributed by atoms with Gasteiger partial charge in [0.15, 0.2) is 0 Å². The molecule has 1 aromatic rings. The monoisotopic (exact) mass is 358 g/mol. The summed E-state index contributed by atoms with van der Waals surface area (Å²) in [6.07, 6.45) is 7.14. The maximum atomic E-state index is 2.65. The lowest BCUT2D eigenvalue weighted by Crippen LogP contribution is -2.41. The number of benzene rings is 1. The molecule has 1 fully saturated rings. The van der Waals surface area contributed by atoms with Crippen molar-refractivity contribution in [1.82, 2.24) is 9.80 Å². The summed E-state index contributed by atoms with van der Waals surface area (Å²) in [5, 5.41) is 0. The second kappa shape index (κ2) is 11.8. The van der Waals surface area contributed by atoms with E-state index in [9.17, 15) is 0 Å². The van der Waals surface area contributed by atoms with Crippen molar-refractivity contribution in [3.8, 4) is 0 Å². The molecule has 0 aliphatic heterocycles. The highest BCUT2D eigenvalue weighted by Gasteiger charge is 2.33. The third kappa shape index (κ3) is 6.09. The van der Waals surface area contributed by atoms with Crippen molar-refractivity contribution in [2.24, 2.45) is 11.8 Å². The third-order valence-electron chi connectivity index (χ3n) is 6.62. The molecule has 0 radical (unpaired) electrons. The summed E-state index contributed by atoms with van der Waals surface area (Å²) < 4.78 is 0. The molecule has 1 saturated carbocycles. The number of rotatable bonds is 11. The molecule has 0 N–H and O–H groups in total. The van der Waals surface area contributed by atoms with E-state index in [4.69, 9.17) is 0 Å². The van der Waals surface area contributed by atoms with E-state index < -0.39 is 0 Å². The molecule has 0 saturated heterocycles. The van der Waals surface area contributed by atoms with Gasteiger partial charge in [-0.3, -0.25) is 0 Å². The van der Waals surface area contributed by atoms with Gasteiger partial charge in [-0.15, -0.1) is 0 Å². The first-order valence-electron chi connectivity index (χ1n) is 11.2. The lowest BCUT2D eigenvalue weighted by Gasteiger charge is -2.40. The van der Waals surface area contributed by atoms with Gasteiger partial charge in [0.2, 0.25) is 0 Å². The Hall–Kier alpha value is -0.860. The number of nitrogens with zero attached hydrogens (tertiary/aromatic N) is 2. The highest BCUT2D eigenvalue weighted by atomic mass is 15.1. The van der Waals surface area contributed by atoms with Crippen molar-refractivity contribution in [3.63, 3.8) is 0 Å². The molecule has 0 amide bonds. The second-order valence-corrected chi connectivity index (χ2v) is 8.07. The van der Waals surface area contributed by atoms with Crippen LogP contribution in [0.1, 0.15) is 71.3 Å². The van der Waals surface area contributed by atoms with Gasteiger partial charge < -0.3 is 9.80 Å². The van der Waals surface area contributed by atoms with Crippen LogP contribution in [-0.4, -0.2) is 49.1 Å². The Morgan fingerprint density at radius 2 is 1.27 bits per heavy atom. The lowest BCUT2D eigenvalue weighted by molar-refractivity contribution is 0.137. The Morgan fingerprint density at radius 1 is 0.769 bits per heavy atom. The average Bonchev–Trinajstić information content (AvgIpc) is 2.71. The molecule has 0 aromatic heterocycles. The Labute approximate surface area is 163 Å². The SMILES string of the molecule is CCN(CC)CC(CN(CC)CC)[C@@H](c1ccccc1)C1CCCCC1. The van der Waals surface area contributed by atoms with Gasteiger partial charge in [-0.1, -0.05) is 77.3 Å². The fraction of sp³-hybridized carbons (Fsp3) is 0.750. The van der Waals surface area contributed by atoms with Crippen LogP contribution in [0.4, 0.5) is 0 Å². The summed E-state index contributed by atoms with van der Waals surface area (Å²) in [4.78, 5) is 5.29. The van der Waals surface area contributed by atoms with Gasteiger partial charge in [0.25, 0.3) is 0 Å². The van der Waals surface area contributed by atoms with Crippen LogP contribution < -0.4 is 0 Å². The molecule has 0 heterocycles. The first-order chi connectivity index (χ1) is 12.7. The smallest absolute Gasteiger partial charge is 0.00276 e. The van der Waals surface area contributed by atoms with Crippen LogP contribution in [0.5, 0.6) is 0 Å². The van der Waals surface area contributed by atoms with Gasteiger partial charge in [0, 0.05) is 13.1 Å². The molecular formula is C24H42N2. The van der Waals surface area contributed by atoms with Gasteiger partial charge in [0.05, 0.1) is 0 Å². The zero-order valence-corrected chi connectivity index (χ0v) is 17.8. The minimum Gasteiger partial charge on any atom is -0.304 e. The van der Waals surface area contributed by atoms with Crippen LogP contribution >= 0.6 is 0 Å². The quantitative estimate of drug-likeness (QED) is 0.504. The maximum absolute atomic E-state index is 2.65. The standard InChI is InChI=1S/C24H42N2/c1-5-25(6-2)19-23(20-26(7-3)8-4)24(21-15-11-9-12-16-21)22-17-13-10-14-18-22/h9,11-12,15-16,22-24H,5-8,10,13-14,17-20H2,1-4H3/t24-/m0/s1. The molecule has 1 aromatic carbocycles. The first kappa shape index (κ1) is 21.4. The molecule has 0 unspecified atom stereocenters. The van der Waals surface area contributed by atoms with Gasteiger partial charge in [0.1, 0.15) is 0 Å². The molecule has 2 nitrogen and oxygen atoms in total. The van der Waals surface area contributed by atoms with Crippen LogP contribution in [0.2, 0.25) is 0 Å². The third-order valence-corrected chi connectivity index (χ3v) is 6.62. The van der Waals surface area contributed by atoms with E-state index in [0.717, 1.165) is 38.0 Å². The Kier molecular flexibility index (Phi) is 9.71. The minimum atomic E-state index is 0.706. The normalized spacial score (nSPS) is 17.3. The highest BCUT2D eigenvalue weighted by Crippen LogP contribution is 2.41. The second-order valence-electron chi connectivity index (χ2n) is 8.07. The van der Waals surface area contributed by atoms with E-state index in [0.29, 0.717) is 5.92 Å². The zero-order valence-electron chi connectivity index (χ0n) is 17.8. The lowest BCUT2D eigenvalue weighted by atomic mass is 9.70. The van der Waals surface area contributed by atoms with Crippen molar-refractivity contribution in [3.05, 3.63) is 35.9 Å². The van der Waals surface area contributed by atoms with Crippen LogP contribution in [0.25, 0.3) is 0 Å². The van der Waals surface area contributed by atoms with E-state index in [-0.39, 0.29) is 0 Å². The van der Waals surface area contributed by atoms with E-state index in [1.165, 1.54) is 45.2 Å². The highest BCUT2D eigenvalue weighted by molar-refractivity contribution is 5.22. The summed E-state index contributed by atoms with van der Waals surface area (Å²) in [6.45, 7) is 16.4. The van der Waals surface area contributed by atoms with Crippen molar-refractivity contribution in [1.29, 1.82) is 0 Å². The minimum absolute atomic E-state index is 0.706. The average molecular weight is 359 g/mol. The molecule has 2 rings (SSSR count). The summed E-state index contributed by atoms with van der Waals surface area (Å²) in [5.74, 6) is 2.29. The molecule has 0 bridgehead atoms. The molecule has 1 atom stereocenters. The van der Waals surface area contributed by atoms with E-state index in [1.807, 2.05) is 0 Å². The maximum Gasteiger partial charge on any atom is 0.00276 e. The Balaban J connectivity index is 2.31. The summed E-state index contributed by atoms with van der Waals surface area (Å²) >= 11 is 0. The molecule has 26 heavy (non-hydrogen) atoms. The van der Waals surface area contributed by atoms with E-state index >= 15 is 0 Å². The topological polar surface area (TPSA) is 6.48 Å². The van der Waals surface area contributed by atoms with Crippen LogP contribution in [0.15, 0.2) is 30.3 Å². The molecular weight excluding hydrogens is 316 g/mol. The van der Waals surface area contributed by atoms with Crippen LogP contribution in [0, 0.1) is 11.8 Å². The van der Waals surface area contributed by atoms with Crippen molar-refractivity contribution >= 4 is 0 Å². The summed E-state index contributed by atoms with van der Waals surface area (Å²) in [6, 6.07) is 11.5. The molecule has 1 aliphatic carbocycles. The first-order valence-corrected chi connectivity index (χ1v) is 11.2. The fourth-order valence-corrected chi connectivity index (χ4v) is 5.01. The van der Waals surface area contributed by atoms with Gasteiger partial charge in [-0.2, -0.15) is 0 Å². The fourth-order valence-electron chi connectivity index (χ4n) is 5.01. The van der Waals surface area contributed by atoms with Crippen molar-refractivity contribution in [2.45, 2.75) is 65.7 Å². The van der Waals surface area contributed by atoms with E-state index in [1.54, 1.807) is 5.56 Å². The molecule has 2 heteroatoms. The molecule has 0 spiro atoms. The predicted molar refractivity (Wildman–Crippen MR) is 115 cm³/mol. The van der Waals surface area contributed by atoms with Crippen molar-refractivity contribution < 1.29 is 0 Å². The Bertz CT molecular complexity index is 444. The number of hydrogen-bond acceptors (Lipinski definition) is 2. The van der Waals surface area contributed by atoms with Gasteiger partial charge >= 0.3 is 0 Å². The molecule has 148 valence electrons. The van der Waals surface area contributed by atoms with Crippen molar-refractivity contribution in [2.75, 3.05) is 39.3 Å². The van der Waals surface area contributed by atoms with Gasteiger partial charge in [-0.25, -0.2) is 0 Å². The molecule has 1 aliphatic rings. The van der Waals surface area contributed by atoms with Crippen LogP contribution in [-0.2, 0) is 0 Å². The summed E-state index contributed by atoms with van der Waals surface area (Å²) in [7, 11) is 0. The number of hydrogen-bond donors (Lipinski definition) is 0. The summed E-state index contributed by atoms with van der Waals surface area (Å²) in [5.41, 5.74) is 1.59. The predicted octanol–water partition coefficient (Wildman–Crippen LogP) is 5.65.